The van der Waals surface area contributed by atoms with Gasteiger partial charge in [0.05, 0.1) is 12.7 Å². The van der Waals surface area contributed by atoms with Crippen LogP contribution in [-0.4, -0.2) is 73.2 Å². The summed E-state index contributed by atoms with van der Waals surface area (Å²) in [7, 11) is 1.45. The zero-order valence-electron chi connectivity index (χ0n) is 21.1. The van der Waals surface area contributed by atoms with E-state index in [1.165, 1.54) is 32.3 Å². The van der Waals surface area contributed by atoms with Crippen LogP contribution in [0.2, 0.25) is 0 Å². The van der Waals surface area contributed by atoms with Crippen LogP contribution in [0.3, 0.4) is 0 Å². The molecule has 0 radical (unpaired) electrons. The number of aliphatic hydroxyl groups excluding tert-OH is 2. The van der Waals surface area contributed by atoms with Crippen LogP contribution in [0.1, 0.15) is 49.5 Å². The van der Waals surface area contributed by atoms with E-state index in [2.05, 4.69) is 5.32 Å². The molecule has 4 atom stereocenters. The van der Waals surface area contributed by atoms with E-state index >= 15 is 0 Å². The van der Waals surface area contributed by atoms with E-state index in [9.17, 15) is 24.6 Å². The van der Waals surface area contributed by atoms with Crippen molar-refractivity contribution in [3.8, 4) is 11.5 Å². The summed E-state index contributed by atoms with van der Waals surface area (Å²) in [5.41, 5.74) is 0.447. The molecule has 10 heteroatoms. The lowest BCUT2D eigenvalue weighted by Gasteiger charge is -2.22. The molecule has 0 aromatic heterocycles. The summed E-state index contributed by atoms with van der Waals surface area (Å²) in [5, 5.41) is 23.2. The molecule has 10 nitrogen and oxygen atoms in total. The van der Waals surface area contributed by atoms with Crippen molar-refractivity contribution >= 4 is 23.7 Å². The lowest BCUT2D eigenvalue weighted by molar-refractivity contribution is -0.127. The van der Waals surface area contributed by atoms with Crippen LogP contribution in [0, 0.1) is 5.92 Å². The van der Waals surface area contributed by atoms with Gasteiger partial charge < -0.3 is 34.5 Å². The van der Waals surface area contributed by atoms with Gasteiger partial charge in [-0.25, -0.2) is 4.79 Å². The summed E-state index contributed by atoms with van der Waals surface area (Å²) in [6.45, 7) is 5.43. The average molecular weight is 506 g/mol. The van der Waals surface area contributed by atoms with Gasteiger partial charge in [-0.1, -0.05) is 25.2 Å². The molecule has 1 aliphatic rings. The maximum Gasteiger partial charge on any atom is 0.342 e. The molecule has 1 amide bonds. The number of rotatable bonds is 8. The quantitative estimate of drug-likeness (QED) is 0.275. The topological polar surface area (TPSA) is 141 Å². The van der Waals surface area contributed by atoms with Crippen molar-refractivity contribution in [3.05, 3.63) is 41.5 Å². The molecule has 0 unspecified atom stereocenters. The van der Waals surface area contributed by atoms with Crippen LogP contribution in [0.5, 0.6) is 11.5 Å². The normalized spacial score (nSPS) is 23.7. The Kier molecular flexibility index (Phi) is 11.6. The first kappa shape index (κ1) is 29.0. The molecule has 0 fully saturated rings. The maximum absolute atomic E-state index is 13.3. The largest absolute Gasteiger partial charge is 0.493 e. The lowest BCUT2D eigenvalue weighted by atomic mass is 9.99. The first-order valence-electron chi connectivity index (χ1n) is 11.8. The van der Waals surface area contributed by atoms with Gasteiger partial charge in [0, 0.05) is 32.1 Å². The van der Waals surface area contributed by atoms with E-state index < -0.39 is 30.1 Å². The summed E-state index contributed by atoms with van der Waals surface area (Å²) in [6, 6.07) is 3.21. The molecule has 2 rings (SSSR count). The fourth-order valence-corrected chi connectivity index (χ4v) is 3.32. The van der Waals surface area contributed by atoms with E-state index in [4.69, 9.17) is 18.9 Å². The van der Waals surface area contributed by atoms with Gasteiger partial charge in [0.25, 0.3) is 0 Å². The van der Waals surface area contributed by atoms with Crippen molar-refractivity contribution in [2.75, 3.05) is 27.1 Å². The minimum absolute atomic E-state index is 0.0632. The summed E-state index contributed by atoms with van der Waals surface area (Å²) in [4.78, 5) is 36.6. The number of amides is 1. The molecule has 0 saturated carbocycles. The van der Waals surface area contributed by atoms with E-state index in [1.807, 2.05) is 0 Å². The molecule has 1 aromatic carbocycles. The average Bonchev–Trinajstić information content (AvgIpc) is 2.84. The van der Waals surface area contributed by atoms with Crippen LogP contribution in [-0.2, 0) is 19.1 Å². The van der Waals surface area contributed by atoms with Crippen LogP contribution in [0.15, 0.2) is 30.4 Å². The fourth-order valence-electron chi connectivity index (χ4n) is 3.32. The number of hydrogen-bond acceptors (Lipinski definition) is 9. The lowest BCUT2D eigenvalue weighted by Crippen LogP contribution is -2.32. The van der Waals surface area contributed by atoms with Crippen LogP contribution < -0.4 is 14.8 Å². The molecule has 0 bridgehead atoms. The second kappa shape index (κ2) is 14.4. The Morgan fingerprint density at radius 2 is 1.86 bits per heavy atom. The molecule has 0 aliphatic carbocycles. The summed E-state index contributed by atoms with van der Waals surface area (Å²) in [5.74, 6) is -1.25. The highest BCUT2D eigenvalue weighted by atomic mass is 16.7. The zero-order valence-corrected chi connectivity index (χ0v) is 21.1. The van der Waals surface area contributed by atoms with Gasteiger partial charge in [-0.05, 0) is 38.0 Å². The summed E-state index contributed by atoms with van der Waals surface area (Å²) < 4.78 is 22.2. The second-order valence-corrected chi connectivity index (χ2v) is 8.47. The highest BCUT2D eigenvalue weighted by molar-refractivity contribution is 5.98. The third-order valence-electron chi connectivity index (χ3n) is 5.57. The fraction of sp³-hybridized carbons (Fsp3) is 0.500. The number of cyclic esters (lactones) is 1. The van der Waals surface area contributed by atoms with E-state index in [0.717, 1.165) is 0 Å². The first-order chi connectivity index (χ1) is 17.1. The number of esters is 1. The Morgan fingerprint density at radius 3 is 2.56 bits per heavy atom. The van der Waals surface area contributed by atoms with Crippen molar-refractivity contribution in [2.45, 2.75) is 51.9 Å². The predicted octanol–water partition coefficient (Wildman–Crippen LogP) is 2.02. The maximum atomic E-state index is 13.3. The third-order valence-corrected chi connectivity index (χ3v) is 5.57. The number of ether oxygens (including phenoxy) is 4. The molecular weight excluding hydrogens is 470 g/mol. The van der Waals surface area contributed by atoms with Gasteiger partial charge in [-0.15, -0.1) is 0 Å². The van der Waals surface area contributed by atoms with Gasteiger partial charge in [-0.2, -0.15) is 0 Å². The third kappa shape index (κ3) is 8.47. The van der Waals surface area contributed by atoms with Crippen molar-refractivity contribution in [3.63, 3.8) is 0 Å². The number of methoxy groups -OCH3 is 1. The molecule has 0 spiro atoms. The predicted molar refractivity (Wildman–Crippen MR) is 132 cm³/mol. The molecular formula is C26H35NO9. The Bertz CT molecular complexity index is 972. The van der Waals surface area contributed by atoms with E-state index in [-0.39, 0.29) is 43.0 Å². The van der Waals surface area contributed by atoms with Gasteiger partial charge in [-0.3, -0.25) is 9.59 Å². The minimum Gasteiger partial charge on any atom is -0.493 e. The molecule has 0 saturated heterocycles. The smallest absolute Gasteiger partial charge is 0.342 e. The van der Waals surface area contributed by atoms with Crippen molar-refractivity contribution in [1.29, 1.82) is 0 Å². The van der Waals surface area contributed by atoms with E-state index in [1.54, 1.807) is 32.1 Å². The second-order valence-electron chi connectivity index (χ2n) is 8.47. The highest BCUT2D eigenvalue weighted by Gasteiger charge is 2.27. The van der Waals surface area contributed by atoms with Crippen LogP contribution >= 0.6 is 0 Å². The Morgan fingerprint density at radius 1 is 1.14 bits per heavy atom. The van der Waals surface area contributed by atoms with Gasteiger partial charge in [0.2, 0.25) is 5.91 Å². The van der Waals surface area contributed by atoms with Crippen LogP contribution in [0.4, 0.5) is 0 Å². The standard InChI is InChI=1S/C26H35NO9/c1-16-9-10-21(30)25(31)20(29)8-5-7-19-22(34-14-6-13-27-18(3)28)11-12-23(35-15-33-4)24(19)26(32)36-17(16)2/h5,7,9-12,16-17,20,25,29,31H,6,8,13-15H2,1-4H3,(H,27,28)/b7-5?,10-9-/t16-,17+,20+,25+/m1/s1. The molecule has 3 N–H and O–H groups in total. The molecule has 36 heavy (non-hydrogen) atoms. The van der Waals surface area contributed by atoms with Crippen LogP contribution in [0.25, 0.3) is 6.08 Å². The van der Waals surface area contributed by atoms with Crippen molar-refractivity contribution in [1.82, 2.24) is 5.32 Å². The SMILES string of the molecule is COCOc1ccc(OCCCNC(C)=O)c2c1C(=O)O[C@@H](C)[C@H](C)/C=C\C(=O)[C@@H](O)[C@@H](O)CC=C2. The molecule has 198 valence electrons. The Labute approximate surface area is 210 Å². The van der Waals surface area contributed by atoms with Gasteiger partial charge >= 0.3 is 5.97 Å². The number of ketones is 1. The Hall–Kier alpha value is -3.21. The number of carbonyl (C=O) groups excluding carboxylic acids is 3. The number of carbonyl (C=O) groups is 3. The van der Waals surface area contributed by atoms with Gasteiger partial charge in [0.1, 0.15) is 29.3 Å². The van der Waals surface area contributed by atoms with Crippen molar-refractivity contribution < 1.29 is 43.5 Å². The number of aliphatic hydroxyl groups is 2. The Balaban J connectivity index is 2.50. The van der Waals surface area contributed by atoms with Crippen molar-refractivity contribution in [2.24, 2.45) is 5.92 Å². The number of nitrogens with one attached hydrogen (secondary N) is 1. The molecule has 1 aromatic rings. The summed E-state index contributed by atoms with van der Waals surface area (Å²) >= 11 is 0. The number of fused-ring (bicyclic) bond motifs is 1. The first-order valence-corrected chi connectivity index (χ1v) is 11.8. The van der Waals surface area contributed by atoms with Gasteiger partial charge in [0.15, 0.2) is 12.6 Å². The monoisotopic (exact) mass is 505 g/mol. The highest BCUT2D eigenvalue weighted by Crippen LogP contribution is 2.34. The zero-order chi connectivity index (χ0) is 26.7. The molecule has 1 aliphatic heterocycles. The van der Waals surface area contributed by atoms with E-state index in [0.29, 0.717) is 24.3 Å². The molecule has 1 heterocycles. The number of benzene rings is 1. The summed E-state index contributed by atoms with van der Waals surface area (Å²) in [6.07, 6.45) is 2.68. The minimum atomic E-state index is -1.60. The number of hydrogen-bond donors (Lipinski definition) is 3.